The Morgan fingerprint density at radius 3 is 2.55 bits per heavy atom. The molecule has 10 heteroatoms. The molecular formula is C19H24F2N4O3S. The van der Waals surface area contributed by atoms with E-state index in [1.165, 1.54) is 6.07 Å². The van der Waals surface area contributed by atoms with E-state index in [2.05, 4.69) is 20.3 Å². The molecule has 0 amide bonds. The molecule has 1 aromatic heterocycles. The number of phenols is 1. The van der Waals surface area contributed by atoms with Crippen molar-refractivity contribution in [2.45, 2.75) is 53.4 Å². The van der Waals surface area contributed by atoms with Crippen molar-refractivity contribution in [3.63, 3.8) is 0 Å². The monoisotopic (exact) mass is 426 g/mol. The van der Waals surface area contributed by atoms with Crippen LogP contribution in [-0.4, -0.2) is 45.1 Å². The van der Waals surface area contributed by atoms with Gasteiger partial charge in [-0.2, -0.15) is 0 Å². The zero-order valence-corrected chi connectivity index (χ0v) is 17.6. The fourth-order valence-electron chi connectivity index (χ4n) is 2.63. The van der Waals surface area contributed by atoms with Gasteiger partial charge in [0.05, 0.1) is 17.9 Å². The van der Waals surface area contributed by atoms with E-state index in [-0.39, 0.29) is 17.1 Å². The van der Waals surface area contributed by atoms with Crippen LogP contribution in [0.3, 0.4) is 0 Å². The van der Waals surface area contributed by atoms with Gasteiger partial charge in [0.15, 0.2) is 0 Å². The third-order valence-corrected chi connectivity index (χ3v) is 5.32. The fourth-order valence-corrected chi connectivity index (χ4v) is 3.46. The van der Waals surface area contributed by atoms with Gasteiger partial charge in [0.25, 0.3) is 6.43 Å². The van der Waals surface area contributed by atoms with Crippen LogP contribution < -0.4 is 4.74 Å². The zero-order valence-electron chi connectivity index (χ0n) is 16.7. The maximum Gasteiger partial charge on any atom is 0.276 e. The summed E-state index contributed by atoms with van der Waals surface area (Å²) in [6, 6.07) is 1.49. The van der Waals surface area contributed by atoms with Crippen LogP contribution in [0.4, 0.5) is 8.78 Å². The van der Waals surface area contributed by atoms with Gasteiger partial charge in [-0.1, -0.05) is 12.1 Å². The number of rotatable bonds is 8. The number of hydrogen-bond acceptors (Lipinski definition) is 7. The molecule has 0 atom stereocenters. The van der Waals surface area contributed by atoms with E-state index < -0.39 is 12.1 Å². The molecule has 2 rings (SSSR count). The third-order valence-electron chi connectivity index (χ3n) is 4.20. The molecule has 0 aliphatic rings. The van der Waals surface area contributed by atoms with Crippen LogP contribution >= 0.6 is 11.3 Å². The minimum Gasteiger partial charge on any atom is -0.507 e. The standard InChI is InChI=1S/C19H24F2N4O3S/c1-5-14-23-24-15(29-14)7-6-8-28-17-10(2)9-13(16(26)11(17)3)19(25-27)22-12(4)18(20)21/h9,18,26-27H,5-8H2,1-4H3/b22-12?,25-19-. The lowest BCUT2D eigenvalue weighted by Gasteiger charge is -2.16. The number of amidine groups is 1. The summed E-state index contributed by atoms with van der Waals surface area (Å²) in [5.74, 6) is -0.133. The molecule has 0 saturated heterocycles. The first kappa shape index (κ1) is 22.7. The van der Waals surface area contributed by atoms with Crippen molar-refractivity contribution in [3.05, 3.63) is 32.8 Å². The second-order valence-corrected chi connectivity index (χ2v) is 7.56. The summed E-state index contributed by atoms with van der Waals surface area (Å²) in [5, 5.41) is 32.8. The number of aromatic hydroxyl groups is 1. The third kappa shape index (κ3) is 5.69. The van der Waals surface area contributed by atoms with E-state index in [1.807, 2.05) is 6.92 Å². The number of oxime groups is 1. The number of alkyl halides is 2. The molecule has 0 aliphatic carbocycles. The second-order valence-electron chi connectivity index (χ2n) is 6.42. The topological polar surface area (TPSA) is 100 Å². The van der Waals surface area contributed by atoms with Crippen LogP contribution in [0.25, 0.3) is 0 Å². The normalized spacial score (nSPS) is 12.7. The summed E-state index contributed by atoms with van der Waals surface area (Å²) in [6.45, 7) is 6.94. The maximum absolute atomic E-state index is 12.7. The molecular weight excluding hydrogens is 402 g/mol. The predicted octanol–water partition coefficient (Wildman–Crippen LogP) is 4.30. The molecule has 2 aromatic rings. The van der Waals surface area contributed by atoms with Crippen molar-refractivity contribution in [1.29, 1.82) is 0 Å². The number of nitrogens with zero attached hydrogens (tertiary/aromatic N) is 4. The lowest BCUT2D eigenvalue weighted by molar-refractivity contribution is 0.225. The Kier molecular flexibility index (Phi) is 8.00. The smallest absolute Gasteiger partial charge is 0.276 e. The van der Waals surface area contributed by atoms with Gasteiger partial charge >= 0.3 is 0 Å². The quantitative estimate of drug-likeness (QED) is 0.216. The van der Waals surface area contributed by atoms with Gasteiger partial charge < -0.3 is 15.1 Å². The number of ether oxygens (including phenoxy) is 1. The fraction of sp³-hybridized carbons (Fsp3) is 0.474. The molecule has 1 heterocycles. The number of aliphatic imine (C=N–C) groups is 1. The highest BCUT2D eigenvalue weighted by Crippen LogP contribution is 2.35. The number of phenolic OH excluding ortho intramolecular Hbond substituents is 1. The zero-order chi connectivity index (χ0) is 21.6. The molecule has 0 saturated carbocycles. The summed E-state index contributed by atoms with van der Waals surface area (Å²) in [6.07, 6.45) is -0.470. The number of aromatic nitrogens is 2. The first-order chi connectivity index (χ1) is 13.8. The highest BCUT2D eigenvalue weighted by Gasteiger charge is 2.19. The maximum atomic E-state index is 12.7. The molecule has 0 radical (unpaired) electrons. The highest BCUT2D eigenvalue weighted by molar-refractivity contribution is 7.11. The molecule has 29 heavy (non-hydrogen) atoms. The summed E-state index contributed by atoms with van der Waals surface area (Å²) in [4.78, 5) is 3.61. The number of halogens is 2. The SMILES string of the molecule is CCc1nnc(CCCOc2c(C)cc(/C(N=C(C)C(F)F)=N/O)c(O)c2C)s1. The minimum absolute atomic E-state index is 0.0517. The highest BCUT2D eigenvalue weighted by atomic mass is 32.1. The van der Waals surface area contributed by atoms with Gasteiger partial charge in [-0.25, -0.2) is 13.8 Å². The van der Waals surface area contributed by atoms with Crippen LogP contribution in [0.5, 0.6) is 11.5 Å². The van der Waals surface area contributed by atoms with Gasteiger partial charge in [0, 0.05) is 12.0 Å². The Bertz CT molecular complexity index is 913. The van der Waals surface area contributed by atoms with Gasteiger partial charge in [-0.05, 0) is 45.2 Å². The lowest BCUT2D eigenvalue weighted by atomic mass is 10.0. The molecule has 0 fully saturated rings. The van der Waals surface area contributed by atoms with E-state index in [0.717, 1.165) is 36.2 Å². The summed E-state index contributed by atoms with van der Waals surface area (Å²) in [5.41, 5.74) is 0.604. The van der Waals surface area contributed by atoms with Crippen LogP contribution in [0.2, 0.25) is 0 Å². The van der Waals surface area contributed by atoms with Crippen molar-refractivity contribution < 1.29 is 23.8 Å². The van der Waals surface area contributed by atoms with Crippen molar-refractivity contribution in [3.8, 4) is 11.5 Å². The van der Waals surface area contributed by atoms with Crippen LogP contribution in [0, 0.1) is 13.8 Å². The van der Waals surface area contributed by atoms with Crippen molar-refractivity contribution >= 4 is 22.9 Å². The predicted molar refractivity (Wildman–Crippen MR) is 108 cm³/mol. The Balaban J connectivity index is 2.12. The molecule has 1 aromatic carbocycles. The second kappa shape index (κ2) is 10.2. The van der Waals surface area contributed by atoms with Gasteiger partial charge in [0.2, 0.25) is 5.84 Å². The molecule has 0 aliphatic heterocycles. The minimum atomic E-state index is -2.79. The Labute approximate surface area is 171 Å². The van der Waals surface area contributed by atoms with E-state index >= 15 is 0 Å². The molecule has 2 N–H and O–H groups in total. The Morgan fingerprint density at radius 1 is 1.28 bits per heavy atom. The summed E-state index contributed by atoms with van der Waals surface area (Å²) >= 11 is 1.58. The first-order valence-electron chi connectivity index (χ1n) is 9.11. The summed E-state index contributed by atoms with van der Waals surface area (Å²) < 4.78 is 31.3. The Hall–Kier alpha value is -2.62. The summed E-state index contributed by atoms with van der Waals surface area (Å²) in [7, 11) is 0. The number of benzene rings is 1. The largest absolute Gasteiger partial charge is 0.507 e. The average molecular weight is 426 g/mol. The molecule has 0 unspecified atom stereocenters. The van der Waals surface area contributed by atoms with Gasteiger partial charge in [-0.15, -0.1) is 21.5 Å². The van der Waals surface area contributed by atoms with Crippen LogP contribution in [-0.2, 0) is 12.8 Å². The molecule has 0 spiro atoms. The molecule has 158 valence electrons. The van der Waals surface area contributed by atoms with Crippen LogP contribution in [0.15, 0.2) is 16.2 Å². The number of aryl methyl sites for hydroxylation is 3. The average Bonchev–Trinajstić information content (AvgIpc) is 3.16. The van der Waals surface area contributed by atoms with Crippen molar-refractivity contribution in [2.75, 3.05) is 6.61 Å². The first-order valence-corrected chi connectivity index (χ1v) is 9.93. The number of hydrogen-bond donors (Lipinski definition) is 2. The van der Waals surface area contributed by atoms with Gasteiger partial charge in [-0.3, -0.25) is 0 Å². The van der Waals surface area contributed by atoms with Gasteiger partial charge in [0.1, 0.15) is 21.5 Å². The Morgan fingerprint density at radius 2 is 1.97 bits per heavy atom. The molecule has 7 nitrogen and oxygen atoms in total. The van der Waals surface area contributed by atoms with E-state index in [4.69, 9.17) is 4.74 Å². The van der Waals surface area contributed by atoms with E-state index in [9.17, 15) is 19.1 Å². The van der Waals surface area contributed by atoms with Crippen LogP contribution in [0.1, 0.15) is 47.0 Å². The molecule has 0 bridgehead atoms. The lowest BCUT2D eigenvalue weighted by Crippen LogP contribution is -2.11. The van der Waals surface area contributed by atoms with E-state index in [0.29, 0.717) is 23.5 Å². The van der Waals surface area contributed by atoms with Crippen molar-refractivity contribution in [2.24, 2.45) is 10.1 Å². The van der Waals surface area contributed by atoms with Crippen molar-refractivity contribution in [1.82, 2.24) is 10.2 Å². The van der Waals surface area contributed by atoms with E-state index in [1.54, 1.807) is 25.2 Å².